The molecule has 16 heavy (non-hydrogen) atoms. The molecular formula is C10H6FNaO3S. The second-order valence-corrected chi connectivity index (χ2v) is 4.39. The standard InChI is InChI=1S/C10H7FO3S.Na/c11-9-5-6-10(15(12,13)14)8-4-2-1-3-7(8)9;/h1-6H,(H,12,13,14);/q;+1/p-1. The first kappa shape index (κ1) is 13.6. The van der Waals surface area contributed by atoms with Crippen LogP contribution in [-0.4, -0.2) is 13.0 Å². The fourth-order valence-electron chi connectivity index (χ4n) is 1.45. The summed E-state index contributed by atoms with van der Waals surface area (Å²) in [5.74, 6) is -0.544. The molecule has 2 aromatic carbocycles. The van der Waals surface area contributed by atoms with Gasteiger partial charge in [-0.15, -0.1) is 0 Å². The molecule has 0 fully saturated rings. The number of rotatable bonds is 1. The Hall–Kier alpha value is -0.460. The van der Waals surface area contributed by atoms with Crippen LogP contribution in [0, 0.1) is 5.82 Å². The summed E-state index contributed by atoms with van der Waals surface area (Å²) in [6.07, 6.45) is 0. The number of hydrogen-bond donors (Lipinski definition) is 0. The maximum Gasteiger partial charge on any atom is 1.00 e. The molecule has 0 aliphatic carbocycles. The SMILES string of the molecule is O=S(=O)([O-])c1ccc(F)c2ccccc12.[Na+]. The van der Waals surface area contributed by atoms with Gasteiger partial charge in [0.15, 0.2) is 0 Å². The van der Waals surface area contributed by atoms with Gasteiger partial charge in [0, 0.05) is 10.8 Å². The van der Waals surface area contributed by atoms with Crippen molar-refractivity contribution in [3.63, 3.8) is 0 Å². The molecule has 0 spiro atoms. The first-order chi connectivity index (χ1) is 7.00. The fraction of sp³-hybridized carbons (Fsp3) is 0. The molecule has 0 aliphatic rings. The van der Waals surface area contributed by atoms with E-state index >= 15 is 0 Å². The summed E-state index contributed by atoms with van der Waals surface area (Å²) in [4.78, 5) is -0.389. The van der Waals surface area contributed by atoms with Crippen molar-refractivity contribution in [1.82, 2.24) is 0 Å². The van der Waals surface area contributed by atoms with Crippen LogP contribution in [0.15, 0.2) is 41.3 Å². The number of benzene rings is 2. The van der Waals surface area contributed by atoms with E-state index in [2.05, 4.69) is 0 Å². The molecule has 3 nitrogen and oxygen atoms in total. The maximum atomic E-state index is 13.3. The predicted molar refractivity (Wildman–Crippen MR) is 51.9 cm³/mol. The van der Waals surface area contributed by atoms with E-state index in [1.54, 1.807) is 12.1 Å². The Morgan fingerprint density at radius 1 is 1.00 bits per heavy atom. The average Bonchev–Trinajstić information content (AvgIpc) is 2.17. The Bertz CT molecular complexity index is 625. The average molecular weight is 248 g/mol. The van der Waals surface area contributed by atoms with Crippen molar-refractivity contribution in [1.29, 1.82) is 0 Å². The molecule has 0 radical (unpaired) electrons. The second kappa shape index (κ2) is 4.81. The van der Waals surface area contributed by atoms with Crippen molar-refractivity contribution in [2.45, 2.75) is 4.90 Å². The minimum Gasteiger partial charge on any atom is -0.744 e. The van der Waals surface area contributed by atoms with Crippen LogP contribution in [0.1, 0.15) is 0 Å². The fourth-order valence-corrected chi connectivity index (χ4v) is 2.13. The summed E-state index contributed by atoms with van der Waals surface area (Å²) >= 11 is 0. The molecule has 0 unspecified atom stereocenters. The summed E-state index contributed by atoms with van der Waals surface area (Å²) in [5.41, 5.74) is 0. The first-order valence-electron chi connectivity index (χ1n) is 4.13. The monoisotopic (exact) mass is 248 g/mol. The van der Waals surface area contributed by atoms with Gasteiger partial charge < -0.3 is 4.55 Å². The Labute approximate surface area is 114 Å². The van der Waals surface area contributed by atoms with Gasteiger partial charge in [0.1, 0.15) is 15.9 Å². The molecule has 0 atom stereocenters. The Morgan fingerprint density at radius 3 is 2.12 bits per heavy atom. The van der Waals surface area contributed by atoms with Crippen LogP contribution in [0.4, 0.5) is 4.39 Å². The summed E-state index contributed by atoms with van der Waals surface area (Å²) in [7, 11) is -4.56. The van der Waals surface area contributed by atoms with Crippen LogP contribution in [0.25, 0.3) is 10.8 Å². The second-order valence-electron chi connectivity index (χ2n) is 3.05. The smallest absolute Gasteiger partial charge is 0.744 e. The van der Waals surface area contributed by atoms with E-state index in [1.807, 2.05) is 0 Å². The van der Waals surface area contributed by atoms with Gasteiger partial charge in [-0.1, -0.05) is 24.3 Å². The van der Waals surface area contributed by atoms with Crippen molar-refractivity contribution in [2.75, 3.05) is 0 Å². The Balaban J connectivity index is 0.00000128. The van der Waals surface area contributed by atoms with Gasteiger partial charge in [0.2, 0.25) is 0 Å². The van der Waals surface area contributed by atoms with Crippen LogP contribution >= 0.6 is 0 Å². The van der Waals surface area contributed by atoms with Crippen molar-refractivity contribution >= 4 is 20.9 Å². The zero-order valence-corrected chi connectivity index (χ0v) is 11.3. The normalized spacial score (nSPS) is 11.1. The van der Waals surface area contributed by atoms with Gasteiger partial charge in [0.05, 0.1) is 4.90 Å². The van der Waals surface area contributed by atoms with Gasteiger partial charge in [-0.25, -0.2) is 12.8 Å². The Morgan fingerprint density at radius 2 is 1.56 bits per heavy atom. The van der Waals surface area contributed by atoms with Crippen LogP contribution < -0.4 is 29.6 Å². The van der Waals surface area contributed by atoms with Crippen LogP contribution in [-0.2, 0) is 10.1 Å². The molecule has 0 bridgehead atoms. The molecular weight excluding hydrogens is 242 g/mol. The molecule has 0 aromatic heterocycles. The van der Waals surface area contributed by atoms with E-state index in [9.17, 15) is 17.4 Å². The zero-order valence-electron chi connectivity index (χ0n) is 8.48. The topological polar surface area (TPSA) is 57.2 Å². The number of fused-ring (bicyclic) bond motifs is 1. The molecule has 0 saturated heterocycles. The molecule has 0 amide bonds. The van der Waals surface area contributed by atoms with Crippen molar-refractivity contribution in [2.24, 2.45) is 0 Å². The van der Waals surface area contributed by atoms with Crippen LogP contribution in [0.5, 0.6) is 0 Å². The summed E-state index contributed by atoms with van der Waals surface area (Å²) in [5, 5.41) is 0.252. The van der Waals surface area contributed by atoms with Gasteiger partial charge in [-0.3, -0.25) is 0 Å². The van der Waals surface area contributed by atoms with E-state index in [0.29, 0.717) is 0 Å². The van der Waals surface area contributed by atoms with Gasteiger partial charge in [-0.05, 0) is 12.1 Å². The van der Waals surface area contributed by atoms with E-state index < -0.39 is 15.9 Å². The van der Waals surface area contributed by atoms with E-state index in [-0.39, 0.29) is 45.2 Å². The van der Waals surface area contributed by atoms with Crippen molar-refractivity contribution in [3.05, 3.63) is 42.2 Å². The van der Waals surface area contributed by atoms with Gasteiger partial charge in [0.25, 0.3) is 0 Å². The maximum absolute atomic E-state index is 13.3. The third kappa shape index (κ3) is 2.44. The van der Waals surface area contributed by atoms with Crippen molar-refractivity contribution in [3.8, 4) is 0 Å². The summed E-state index contributed by atoms with van der Waals surface area (Å²) in [6, 6.07) is 7.93. The third-order valence-corrected chi connectivity index (χ3v) is 2.99. The molecule has 0 N–H and O–H groups in total. The van der Waals surface area contributed by atoms with Crippen molar-refractivity contribution < 1.29 is 46.9 Å². The quantitative estimate of drug-likeness (QED) is 0.475. The molecule has 2 aromatic rings. The molecule has 2 rings (SSSR count). The Kier molecular flexibility index (Phi) is 4.09. The molecule has 0 heterocycles. The van der Waals surface area contributed by atoms with E-state index in [1.165, 1.54) is 12.1 Å². The molecule has 0 aliphatic heterocycles. The third-order valence-electron chi connectivity index (χ3n) is 2.10. The van der Waals surface area contributed by atoms with Crippen LogP contribution in [0.3, 0.4) is 0 Å². The molecule has 0 saturated carbocycles. The number of halogens is 1. The van der Waals surface area contributed by atoms with E-state index in [0.717, 1.165) is 12.1 Å². The zero-order chi connectivity index (χ0) is 11.1. The summed E-state index contributed by atoms with van der Waals surface area (Å²) < 4.78 is 45.9. The van der Waals surface area contributed by atoms with Gasteiger partial charge >= 0.3 is 29.6 Å². The largest absolute Gasteiger partial charge is 1.00 e. The molecule has 78 valence electrons. The van der Waals surface area contributed by atoms with E-state index in [4.69, 9.17) is 0 Å². The minimum absolute atomic E-state index is 0. The first-order valence-corrected chi connectivity index (χ1v) is 5.54. The minimum atomic E-state index is -4.56. The van der Waals surface area contributed by atoms with Gasteiger partial charge in [-0.2, -0.15) is 0 Å². The summed E-state index contributed by atoms with van der Waals surface area (Å²) in [6.45, 7) is 0. The predicted octanol–water partition coefficient (Wildman–Crippen LogP) is -1.11. The molecule has 6 heteroatoms. The van der Waals surface area contributed by atoms with Crippen LogP contribution in [0.2, 0.25) is 0 Å². The number of hydrogen-bond acceptors (Lipinski definition) is 3.